The molecule has 1 atom stereocenters. The van der Waals surface area contributed by atoms with Gasteiger partial charge in [-0.15, -0.1) is 0 Å². The lowest BCUT2D eigenvalue weighted by molar-refractivity contribution is -0.122. The van der Waals surface area contributed by atoms with Crippen LogP contribution in [0.2, 0.25) is 0 Å². The third kappa shape index (κ3) is 9.73. The second-order valence-corrected chi connectivity index (χ2v) is 4.52. The van der Waals surface area contributed by atoms with Gasteiger partial charge in [-0.1, -0.05) is 44.9 Å². The topological polar surface area (TPSA) is 63.3 Å². The van der Waals surface area contributed by atoms with Crippen molar-refractivity contribution in [1.29, 1.82) is 0 Å². The molecule has 3 nitrogen and oxygen atoms in total. The minimum atomic E-state index is -0.250. The molecule has 0 amide bonds. The molecule has 0 aliphatic heterocycles. The highest BCUT2D eigenvalue weighted by Crippen LogP contribution is 2.29. The zero-order chi connectivity index (χ0) is 11.5. The van der Waals surface area contributed by atoms with Gasteiger partial charge in [0, 0.05) is 6.04 Å². The van der Waals surface area contributed by atoms with E-state index in [1.165, 1.54) is 51.4 Å². The van der Waals surface area contributed by atoms with E-state index < -0.39 is 0 Å². The van der Waals surface area contributed by atoms with Crippen LogP contribution in [0.4, 0.5) is 0 Å². The van der Waals surface area contributed by atoms with E-state index in [0.29, 0.717) is 6.04 Å². The quantitative estimate of drug-likeness (QED) is 0.547. The number of rotatable bonds is 5. The van der Waals surface area contributed by atoms with Gasteiger partial charge in [-0.3, -0.25) is 4.79 Å². The second-order valence-electron chi connectivity index (χ2n) is 4.52. The average molecular weight is 215 g/mol. The van der Waals surface area contributed by atoms with Gasteiger partial charge in [0.2, 0.25) is 0 Å². The normalized spacial score (nSPS) is 18.0. The molecule has 0 radical (unpaired) electrons. The first-order valence-electron chi connectivity index (χ1n) is 6.04. The molecule has 3 N–H and O–H groups in total. The summed E-state index contributed by atoms with van der Waals surface area (Å²) in [7, 11) is 0. The third-order valence-electron chi connectivity index (χ3n) is 3.00. The van der Waals surface area contributed by atoms with Crippen LogP contribution in [0.5, 0.6) is 0 Å². The summed E-state index contributed by atoms with van der Waals surface area (Å²) in [5, 5.41) is 6.89. The van der Waals surface area contributed by atoms with Crippen LogP contribution in [0.25, 0.3) is 0 Å². The van der Waals surface area contributed by atoms with Crippen molar-refractivity contribution in [2.75, 3.05) is 0 Å². The lowest BCUT2D eigenvalue weighted by Crippen LogP contribution is -2.14. The molecule has 0 bridgehead atoms. The lowest BCUT2D eigenvalue weighted by Gasteiger charge is -2.08. The van der Waals surface area contributed by atoms with Crippen LogP contribution in [0.3, 0.4) is 0 Å². The summed E-state index contributed by atoms with van der Waals surface area (Å²) in [6.07, 6.45) is 11.4. The van der Waals surface area contributed by atoms with Gasteiger partial charge in [-0.2, -0.15) is 0 Å². The first kappa shape index (κ1) is 14.4. The Kier molecular flexibility index (Phi) is 9.59. The Hall–Kier alpha value is -0.570. The van der Waals surface area contributed by atoms with Crippen LogP contribution >= 0.6 is 0 Å². The van der Waals surface area contributed by atoms with Gasteiger partial charge in [0.15, 0.2) is 0 Å². The highest BCUT2D eigenvalue weighted by molar-refractivity contribution is 5.32. The molecule has 1 aliphatic carbocycles. The molecule has 1 unspecified atom stereocenters. The van der Waals surface area contributed by atoms with Crippen LogP contribution in [0.1, 0.15) is 58.3 Å². The van der Waals surface area contributed by atoms with Gasteiger partial charge in [0.25, 0.3) is 6.47 Å². The summed E-state index contributed by atoms with van der Waals surface area (Å²) < 4.78 is 0. The maximum absolute atomic E-state index is 8.36. The van der Waals surface area contributed by atoms with Gasteiger partial charge >= 0.3 is 0 Å². The molecule has 1 aliphatic rings. The van der Waals surface area contributed by atoms with E-state index >= 15 is 0 Å². The van der Waals surface area contributed by atoms with Gasteiger partial charge < -0.3 is 10.8 Å². The third-order valence-corrected chi connectivity index (χ3v) is 3.00. The smallest absolute Gasteiger partial charge is 0.290 e. The van der Waals surface area contributed by atoms with Crippen molar-refractivity contribution in [2.45, 2.75) is 64.3 Å². The van der Waals surface area contributed by atoms with E-state index in [0.717, 1.165) is 5.92 Å². The maximum Gasteiger partial charge on any atom is 0.290 e. The first-order valence-corrected chi connectivity index (χ1v) is 6.04. The molecule has 1 saturated carbocycles. The maximum atomic E-state index is 8.36. The molecule has 0 aromatic heterocycles. The van der Waals surface area contributed by atoms with E-state index in [4.69, 9.17) is 15.6 Å². The molecule has 0 aromatic carbocycles. The molecule has 15 heavy (non-hydrogen) atoms. The number of nitrogens with two attached hydrogens (primary N) is 1. The van der Waals surface area contributed by atoms with E-state index in [-0.39, 0.29) is 6.47 Å². The SMILES string of the molecule is CC(N)CCCCC1CCCC1.O=CO. The number of hydrogen-bond acceptors (Lipinski definition) is 2. The fraction of sp³-hybridized carbons (Fsp3) is 0.917. The minimum absolute atomic E-state index is 0.250. The van der Waals surface area contributed by atoms with Crippen LogP contribution in [0, 0.1) is 5.92 Å². The van der Waals surface area contributed by atoms with E-state index in [1.807, 2.05) is 0 Å². The number of hydrogen-bond donors (Lipinski definition) is 2. The summed E-state index contributed by atoms with van der Waals surface area (Å²) in [5.41, 5.74) is 5.69. The number of carboxylic acid groups (broad SMARTS) is 1. The first-order chi connectivity index (χ1) is 7.20. The molecule has 0 aromatic rings. The number of carbonyl (C=O) groups is 1. The van der Waals surface area contributed by atoms with Gasteiger partial charge in [-0.05, 0) is 19.3 Å². The van der Waals surface area contributed by atoms with Crippen molar-refractivity contribution in [1.82, 2.24) is 0 Å². The Balaban J connectivity index is 0.000000583. The van der Waals surface area contributed by atoms with Crippen LogP contribution in [0.15, 0.2) is 0 Å². The van der Waals surface area contributed by atoms with Crippen molar-refractivity contribution in [3.8, 4) is 0 Å². The fourth-order valence-electron chi connectivity index (χ4n) is 2.20. The summed E-state index contributed by atoms with van der Waals surface area (Å²) >= 11 is 0. The molecule has 90 valence electrons. The van der Waals surface area contributed by atoms with Gasteiger partial charge in [0.05, 0.1) is 0 Å². The second kappa shape index (κ2) is 9.97. The summed E-state index contributed by atoms with van der Waals surface area (Å²) in [4.78, 5) is 8.36. The van der Waals surface area contributed by atoms with Crippen molar-refractivity contribution in [2.24, 2.45) is 11.7 Å². The van der Waals surface area contributed by atoms with Gasteiger partial charge in [-0.25, -0.2) is 0 Å². The summed E-state index contributed by atoms with van der Waals surface area (Å²) in [6.45, 7) is 1.86. The lowest BCUT2D eigenvalue weighted by atomic mass is 9.99. The monoisotopic (exact) mass is 215 g/mol. The van der Waals surface area contributed by atoms with Crippen LogP contribution < -0.4 is 5.73 Å². The van der Waals surface area contributed by atoms with Gasteiger partial charge in [0.1, 0.15) is 0 Å². The molecule has 0 spiro atoms. The molecule has 1 fully saturated rings. The predicted molar refractivity (Wildman–Crippen MR) is 62.8 cm³/mol. The molecular formula is C12H25NO2. The molecule has 3 heteroatoms. The van der Waals surface area contributed by atoms with Crippen molar-refractivity contribution in [3.63, 3.8) is 0 Å². The standard InChI is InChI=1S/C11H23N.CH2O2/c1-10(12)6-2-3-7-11-8-4-5-9-11;2-1-3/h10-11H,2-9,12H2,1H3;1H,(H,2,3). The molecule has 1 rings (SSSR count). The molecule has 0 saturated heterocycles. The zero-order valence-corrected chi connectivity index (χ0v) is 9.82. The minimum Gasteiger partial charge on any atom is -0.483 e. The Morgan fingerprint density at radius 1 is 1.40 bits per heavy atom. The van der Waals surface area contributed by atoms with Crippen LogP contribution in [-0.4, -0.2) is 17.6 Å². The highest BCUT2D eigenvalue weighted by atomic mass is 16.3. The Bertz CT molecular complexity index is 143. The summed E-state index contributed by atoms with van der Waals surface area (Å²) in [6, 6.07) is 0.411. The largest absolute Gasteiger partial charge is 0.483 e. The van der Waals surface area contributed by atoms with E-state index in [1.54, 1.807) is 0 Å². The average Bonchev–Trinajstić information content (AvgIpc) is 2.66. The predicted octanol–water partition coefficient (Wildman–Crippen LogP) is 2.79. The highest BCUT2D eigenvalue weighted by Gasteiger charge is 2.13. The molecular weight excluding hydrogens is 190 g/mol. The van der Waals surface area contributed by atoms with Crippen molar-refractivity contribution < 1.29 is 9.90 Å². The Morgan fingerprint density at radius 2 is 1.93 bits per heavy atom. The van der Waals surface area contributed by atoms with E-state index in [9.17, 15) is 0 Å². The Morgan fingerprint density at radius 3 is 2.40 bits per heavy atom. The van der Waals surface area contributed by atoms with E-state index in [2.05, 4.69) is 6.92 Å². The zero-order valence-electron chi connectivity index (χ0n) is 9.82. The molecule has 0 heterocycles. The van der Waals surface area contributed by atoms with Crippen molar-refractivity contribution >= 4 is 6.47 Å². The van der Waals surface area contributed by atoms with Crippen LogP contribution in [-0.2, 0) is 4.79 Å². The Labute approximate surface area is 93.0 Å². The number of unbranched alkanes of at least 4 members (excludes halogenated alkanes) is 1. The summed E-state index contributed by atoms with van der Waals surface area (Å²) in [5.74, 6) is 1.07. The fourth-order valence-corrected chi connectivity index (χ4v) is 2.20. The van der Waals surface area contributed by atoms with Crippen molar-refractivity contribution in [3.05, 3.63) is 0 Å².